The molecule has 0 fully saturated rings. The Morgan fingerprint density at radius 3 is 2.50 bits per heavy atom. The van der Waals surface area contributed by atoms with Crippen molar-refractivity contribution in [3.63, 3.8) is 0 Å². The third-order valence-electron chi connectivity index (χ3n) is 0.598. The molecule has 56 valence electrons. The molecule has 4 heteroatoms. The minimum atomic E-state index is -0.585. The van der Waals surface area contributed by atoms with Gasteiger partial charge in [-0.1, -0.05) is 6.08 Å². The van der Waals surface area contributed by atoms with E-state index in [0.717, 1.165) is 0 Å². The number of carbonyl (C=O) groups is 2. The Balaban J connectivity index is 3.50. The summed E-state index contributed by atoms with van der Waals surface area (Å²) in [6.07, 6.45) is 2.72. The van der Waals surface area contributed by atoms with Gasteiger partial charge in [0.15, 0.2) is 0 Å². The van der Waals surface area contributed by atoms with E-state index in [1.807, 2.05) is 5.48 Å². The van der Waals surface area contributed by atoms with Crippen LogP contribution in [0.5, 0.6) is 0 Å². The monoisotopic (exact) mass is 143 g/mol. The second kappa shape index (κ2) is 4.55. The molecule has 0 aliphatic heterocycles. The number of hydroxylamine groups is 1. The number of hydrogen-bond donors (Lipinski definition) is 1. The van der Waals surface area contributed by atoms with E-state index in [2.05, 4.69) is 4.84 Å². The van der Waals surface area contributed by atoms with E-state index < -0.39 is 11.9 Å². The summed E-state index contributed by atoms with van der Waals surface area (Å²) in [5.41, 5.74) is 1.89. The lowest BCUT2D eigenvalue weighted by Gasteiger charge is -1.97. The summed E-state index contributed by atoms with van der Waals surface area (Å²) < 4.78 is 0. The van der Waals surface area contributed by atoms with Gasteiger partial charge in [0, 0.05) is 13.0 Å². The van der Waals surface area contributed by atoms with Gasteiger partial charge in [-0.25, -0.2) is 4.79 Å². The molecule has 0 heterocycles. The van der Waals surface area contributed by atoms with Crippen molar-refractivity contribution in [2.75, 3.05) is 0 Å². The van der Waals surface area contributed by atoms with Crippen molar-refractivity contribution in [1.29, 1.82) is 0 Å². The molecule has 1 amide bonds. The summed E-state index contributed by atoms with van der Waals surface area (Å²) in [4.78, 5) is 24.8. The van der Waals surface area contributed by atoms with Crippen LogP contribution in [0, 0.1) is 0 Å². The molecule has 0 rings (SSSR count). The van der Waals surface area contributed by atoms with Gasteiger partial charge in [-0.3, -0.25) is 4.79 Å². The standard InChI is InChI=1S/C6H9NO3/c1-3-4-6(9)10-7-5(2)8/h3-4H,1-2H3,(H,7,8)/b4-3+. The smallest absolute Gasteiger partial charge is 0.336 e. The van der Waals surface area contributed by atoms with E-state index in [1.165, 1.54) is 19.1 Å². The molecule has 0 aromatic rings. The Hall–Kier alpha value is -1.32. The van der Waals surface area contributed by atoms with Crippen LogP contribution in [0.1, 0.15) is 13.8 Å². The van der Waals surface area contributed by atoms with Crippen LogP contribution in [0.4, 0.5) is 0 Å². The van der Waals surface area contributed by atoms with Crippen molar-refractivity contribution in [2.45, 2.75) is 13.8 Å². The lowest BCUT2D eigenvalue weighted by molar-refractivity contribution is -0.152. The fraction of sp³-hybridized carbons (Fsp3) is 0.333. The van der Waals surface area contributed by atoms with Gasteiger partial charge < -0.3 is 4.84 Å². The number of nitrogens with one attached hydrogen (secondary N) is 1. The van der Waals surface area contributed by atoms with Crippen molar-refractivity contribution < 1.29 is 14.4 Å². The van der Waals surface area contributed by atoms with Crippen molar-refractivity contribution in [3.8, 4) is 0 Å². The third kappa shape index (κ3) is 4.83. The molecule has 10 heavy (non-hydrogen) atoms. The average molecular weight is 143 g/mol. The van der Waals surface area contributed by atoms with Gasteiger partial charge in [0.05, 0.1) is 0 Å². The first-order chi connectivity index (χ1) is 4.66. The van der Waals surface area contributed by atoms with Crippen LogP contribution in [-0.4, -0.2) is 11.9 Å². The molecule has 0 saturated carbocycles. The maximum atomic E-state index is 10.4. The Morgan fingerprint density at radius 2 is 2.10 bits per heavy atom. The summed E-state index contributed by atoms with van der Waals surface area (Å²) in [5, 5.41) is 0. The van der Waals surface area contributed by atoms with E-state index in [9.17, 15) is 9.59 Å². The fourth-order valence-corrected chi connectivity index (χ4v) is 0.292. The molecule has 4 nitrogen and oxygen atoms in total. The van der Waals surface area contributed by atoms with E-state index >= 15 is 0 Å². The summed E-state index contributed by atoms with van der Waals surface area (Å²) in [7, 11) is 0. The summed E-state index contributed by atoms with van der Waals surface area (Å²) in [6, 6.07) is 0. The second-order valence-electron chi connectivity index (χ2n) is 1.58. The van der Waals surface area contributed by atoms with Crippen LogP contribution in [0.25, 0.3) is 0 Å². The van der Waals surface area contributed by atoms with Crippen molar-refractivity contribution in [2.24, 2.45) is 0 Å². The van der Waals surface area contributed by atoms with E-state index in [-0.39, 0.29) is 0 Å². The van der Waals surface area contributed by atoms with E-state index in [1.54, 1.807) is 6.92 Å². The van der Waals surface area contributed by atoms with Crippen LogP contribution in [0.3, 0.4) is 0 Å². The number of carbonyl (C=O) groups excluding carboxylic acids is 2. The highest BCUT2D eigenvalue weighted by atomic mass is 16.7. The van der Waals surface area contributed by atoms with Crippen LogP contribution in [0.2, 0.25) is 0 Å². The van der Waals surface area contributed by atoms with Crippen LogP contribution in [-0.2, 0) is 14.4 Å². The molecule has 0 bridgehead atoms. The molecule has 0 aliphatic carbocycles. The Kier molecular flexibility index (Phi) is 3.95. The predicted octanol–water partition coefficient (Wildman–Crippen LogP) is 0.157. The fourth-order valence-electron chi connectivity index (χ4n) is 0.292. The Labute approximate surface area is 58.8 Å². The lowest BCUT2D eigenvalue weighted by atomic mass is 10.5. The SMILES string of the molecule is C/C=C/C(=O)ONC(C)=O. The molecule has 0 aromatic carbocycles. The topological polar surface area (TPSA) is 55.4 Å². The maximum Gasteiger partial charge on any atom is 0.355 e. The molecule has 0 saturated heterocycles. The normalized spacial score (nSPS) is 9.40. The quantitative estimate of drug-likeness (QED) is 0.420. The minimum absolute atomic E-state index is 0.405. The zero-order valence-electron chi connectivity index (χ0n) is 5.88. The average Bonchev–Trinajstić information content (AvgIpc) is 1.85. The van der Waals surface area contributed by atoms with Crippen molar-refractivity contribution >= 4 is 11.9 Å². The molecule has 0 spiro atoms. The molecule has 0 unspecified atom stereocenters. The molecular formula is C6H9NO3. The second-order valence-corrected chi connectivity index (χ2v) is 1.58. The van der Waals surface area contributed by atoms with Crippen LogP contribution >= 0.6 is 0 Å². The molecule has 1 N–H and O–H groups in total. The zero-order chi connectivity index (χ0) is 7.98. The zero-order valence-corrected chi connectivity index (χ0v) is 5.88. The molecule has 0 atom stereocenters. The van der Waals surface area contributed by atoms with Crippen molar-refractivity contribution in [1.82, 2.24) is 5.48 Å². The van der Waals surface area contributed by atoms with E-state index in [4.69, 9.17) is 0 Å². The number of allylic oxidation sites excluding steroid dienone is 1. The molecule has 0 radical (unpaired) electrons. The van der Waals surface area contributed by atoms with Gasteiger partial charge >= 0.3 is 5.97 Å². The first-order valence-electron chi connectivity index (χ1n) is 2.77. The Bertz CT molecular complexity index is 162. The summed E-state index contributed by atoms with van der Waals surface area (Å²) in [5.74, 6) is -0.990. The highest BCUT2D eigenvalue weighted by Gasteiger charge is 1.95. The molecule has 0 aromatic heterocycles. The summed E-state index contributed by atoms with van der Waals surface area (Å²) >= 11 is 0. The lowest BCUT2D eigenvalue weighted by Crippen LogP contribution is -2.23. The van der Waals surface area contributed by atoms with Gasteiger partial charge in [0.25, 0.3) is 0 Å². The van der Waals surface area contributed by atoms with Crippen LogP contribution < -0.4 is 5.48 Å². The predicted molar refractivity (Wildman–Crippen MR) is 34.7 cm³/mol. The largest absolute Gasteiger partial charge is 0.355 e. The molecular weight excluding hydrogens is 134 g/mol. The van der Waals surface area contributed by atoms with Crippen LogP contribution in [0.15, 0.2) is 12.2 Å². The van der Waals surface area contributed by atoms with Gasteiger partial charge in [0.1, 0.15) is 0 Å². The Morgan fingerprint density at radius 1 is 1.50 bits per heavy atom. The highest BCUT2D eigenvalue weighted by molar-refractivity contribution is 5.83. The number of hydrogen-bond acceptors (Lipinski definition) is 3. The first kappa shape index (κ1) is 8.68. The minimum Gasteiger partial charge on any atom is -0.336 e. The first-order valence-corrected chi connectivity index (χ1v) is 2.77. The number of amides is 1. The van der Waals surface area contributed by atoms with Gasteiger partial charge in [0.2, 0.25) is 5.91 Å². The van der Waals surface area contributed by atoms with Crippen molar-refractivity contribution in [3.05, 3.63) is 12.2 Å². The van der Waals surface area contributed by atoms with Gasteiger partial charge in [-0.2, -0.15) is 5.48 Å². The summed E-state index contributed by atoms with van der Waals surface area (Å²) in [6.45, 7) is 2.93. The molecule has 0 aliphatic rings. The maximum absolute atomic E-state index is 10.4. The number of rotatable bonds is 1. The van der Waals surface area contributed by atoms with Gasteiger partial charge in [-0.05, 0) is 6.92 Å². The third-order valence-corrected chi connectivity index (χ3v) is 0.598. The van der Waals surface area contributed by atoms with Gasteiger partial charge in [-0.15, -0.1) is 0 Å². The highest BCUT2D eigenvalue weighted by Crippen LogP contribution is 1.76. The van der Waals surface area contributed by atoms with E-state index in [0.29, 0.717) is 0 Å².